The van der Waals surface area contributed by atoms with Crippen molar-refractivity contribution in [3.05, 3.63) is 28.5 Å². The van der Waals surface area contributed by atoms with Crippen LogP contribution in [0, 0.1) is 0 Å². The van der Waals surface area contributed by atoms with Gasteiger partial charge < -0.3 is 0 Å². The topological polar surface area (TPSA) is 12.9 Å². The average Bonchev–Trinajstić information content (AvgIpc) is 2.03. The standard InChI is InChI=1S/C7H4Cl2F3N/c8-2-4-3-13-6(9)1-5(4)7(10,11)12/h1,3H,2H2. The first-order valence-electron chi connectivity index (χ1n) is 3.22. The lowest BCUT2D eigenvalue weighted by molar-refractivity contribution is -0.138. The van der Waals surface area contributed by atoms with Gasteiger partial charge in [0, 0.05) is 12.1 Å². The van der Waals surface area contributed by atoms with Crippen LogP contribution in [0.2, 0.25) is 5.15 Å². The van der Waals surface area contributed by atoms with Gasteiger partial charge in [-0.3, -0.25) is 0 Å². The molecule has 0 aromatic carbocycles. The Morgan fingerprint density at radius 1 is 1.38 bits per heavy atom. The molecule has 0 aliphatic carbocycles. The second kappa shape index (κ2) is 3.72. The van der Waals surface area contributed by atoms with E-state index in [1.165, 1.54) is 0 Å². The molecule has 0 radical (unpaired) electrons. The van der Waals surface area contributed by atoms with Crippen molar-refractivity contribution in [3.8, 4) is 0 Å². The van der Waals surface area contributed by atoms with Crippen LogP contribution in [0.3, 0.4) is 0 Å². The van der Waals surface area contributed by atoms with Crippen LogP contribution in [0.5, 0.6) is 0 Å². The van der Waals surface area contributed by atoms with E-state index in [1.807, 2.05) is 0 Å². The fraction of sp³-hybridized carbons (Fsp3) is 0.286. The maximum Gasteiger partial charge on any atom is 0.416 e. The lowest BCUT2D eigenvalue weighted by Gasteiger charge is -2.10. The molecular formula is C7H4Cl2F3N. The smallest absolute Gasteiger partial charge is 0.244 e. The van der Waals surface area contributed by atoms with Gasteiger partial charge in [0.15, 0.2) is 0 Å². The van der Waals surface area contributed by atoms with Crippen LogP contribution in [0.25, 0.3) is 0 Å². The fourth-order valence-corrected chi connectivity index (χ4v) is 1.20. The van der Waals surface area contributed by atoms with Gasteiger partial charge in [-0.2, -0.15) is 13.2 Å². The highest BCUT2D eigenvalue weighted by molar-refractivity contribution is 6.29. The Morgan fingerprint density at radius 3 is 2.46 bits per heavy atom. The number of hydrogen-bond acceptors (Lipinski definition) is 1. The molecule has 0 bridgehead atoms. The Balaban J connectivity index is 3.24. The summed E-state index contributed by atoms with van der Waals surface area (Å²) in [5, 5.41) is -0.193. The maximum absolute atomic E-state index is 12.3. The average molecular weight is 230 g/mol. The molecule has 0 spiro atoms. The van der Waals surface area contributed by atoms with Gasteiger partial charge in [-0.25, -0.2) is 4.98 Å². The molecule has 0 unspecified atom stereocenters. The van der Waals surface area contributed by atoms with Crippen molar-refractivity contribution in [1.82, 2.24) is 4.98 Å². The van der Waals surface area contributed by atoms with E-state index in [9.17, 15) is 13.2 Å². The zero-order chi connectivity index (χ0) is 10.1. The van der Waals surface area contributed by atoms with Gasteiger partial charge in [0.1, 0.15) is 5.15 Å². The van der Waals surface area contributed by atoms with Crippen LogP contribution in [-0.2, 0) is 12.1 Å². The minimum absolute atomic E-state index is 0.0708. The minimum Gasteiger partial charge on any atom is -0.244 e. The molecule has 0 aliphatic rings. The molecule has 0 N–H and O–H groups in total. The monoisotopic (exact) mass is 229 g/mol. The Morgan fingerprint density at radius 2 is 2.00 bits per heavy atom. The molecule has 13 heavy (non-hydrogen) atoms. The number of hydrogen-bond donors (Lipinski definition) is 0. The van der Waals surface area contributed by atoms with Crippen LogP contribution >= 0.6 is 23.2 Å². The summed E-state index contributed by atoms with van der Waals surface area (Å²) in [5.41, 5.74) is -0.902. The molecule has 0 fully saturated rings. The fourth-order valence-electron chi connectivity index (χ4n) is 0.829. The number of halogens is 5. The van der Waals surface area contributed by atoms with Crippen molar-refractivity contribution in [2.24, 2.45) is 0 Å². The van der Waals surface area contributed by atoms with Gasteiger partial charge in [-0.1, -0.05) is 11.6 Å². The van der Waals surface area contributed by atoms with Crippen LogP contribution in [-0.4, -0.2) is 4.98 Å². The predicted molar refractivity (Wildman–Crippen MR) is 43.8 cm³/mol. The molecule has 6 heteroatoms. The van der Waals surface area contributed by atoms with Crippen molar-refractivity contribution < 1.29 is 13.2 Å². The first kappa shape index (κ1) is 10.6. The molecule has 0 atom stereocenters. The number of rotatable bonds is 1. The lowest BCUT2D eigenvalue weighted by Crippen LogP contribution is -2.08. The summed E-state index contributed by atoms with van der Waals surface area (Å²) in [6.45, 7) is 0. The number of aromatic nitrogens is 1. The van der Waals surface area contributed by atoms with Crippen LogP contribution in [0.4, 0.5) is 13.2 Å². The normalized spacial score (nSPS) is 11.8. The van der Waals surface area contributed by atoms with Crippen LogP contribution in [0.1, 0.15) is 11.1 Å². The van der Waals surface area contributed by atoms with Crippen LogP contribution in [0.15, 0.2) is 12.3 Å². The Kier molecular flexibility index (Phi) is 3.03. The molecule has 1 aromatic rings. The molecule has 72 valence electrons. The Hall–Kier alpha value is -0.480. The van der Waals surface area contributed by atoms with Crippen molar-refractivity contribution >= 4 is 23.2 Å². The van der Waals surface area contributed by atoms with E-state index < -0.39 is 11.7 Å². The molecule has 0 saturated heterocycles. The van der Waals surface area contributed by atoms with Crippen molar-refractivity contribution in [2.75, 3.05) is 0 Å². The third kappa shape index (κ3) is 2.48. The number of alkyl halides is 4. The van der Waals surface area contributed by atoms with E-state index >= 15 is 0 Å². The summed E-state index contributed by atoms with van der Waals surface area (Å²) in [6, 6.07) is 0.763. The zero-order valence-corrected chi connectivity index (χ0v) is 7.71. The number of nitrogens with zero attached hydrogens (tertiary/aromatic N) is 1. The zero-order valence-electron chi connectivity index (χ0n) is 6.20. The first-order chi connectivity index (χ1) is 5.95. The lowest BCUT2D eigenvalue weighted by atomic mass is 10.1. The highest BCUT2D eigenvalue weighted by Crippen LogP contribution is 2.33. The van der Waals surface area contributed by atoms with E-state index in [-0.39, 0.29) is 16.6 Å². The van der Waals surface area contributed by atoms with Gasteiger partial charge in [0.25, 0.3) is 0 Å². The molecule has 0 amide bonds. The van der Waals surface area contributed by atoms with E-state index in [0.717, 1.165) is 12.3 Å². The van der Waals surface area contributed by atoms with E-state index in [4.69, 9.17) is 23.2 Å². The van der Waals surface area contributed by atoms with Crippen molar-refractivity contribution in [3.63, 3.8) is 0 Å². The molecule has 1 heterocycles. The van der Waals surface area contributed by atoms with Crippen LogP contribution < -0.4 is 0 Å². The summed E-state index contributed by atoms with van der Waals surface area (Å²) in [4.78, 5) is 3.51. The van der Waals surface area contributed by atoms with E-state index in [2.05, 4.69) is 4.98 Å². The highest BCUT2D eigenvalue weighted by Gasteiger charge is 2.33. The summed E-state index contributed by atoms with van der Waals surface area (Å²) < 4.78 is 36.8. The first-order valence-corrected chi connectivity index (χ1v) is 4.14. The molecule has 1 nitrogen and oxygen atoms in total. The van der Waals surface area contributed by atoms with Gasteiger partial charge in [-0.05, 0) is 11.6 Å². The molecular weight excluding hydrogens is 226 g/mol. The third-order valence-corrected chi connectivity index (χ3v) is 1.90. The number of pyridine rings is 1. The Bertz CT molecular complexity index is 311. The largest absolute Gasteiger partial charge is 0.416 e. The van der Waals surface area contributed by atoms with Gasteiger partial charge in [0.2, 0.25) is 0 Å². The third-order valence-electron chi connectivity index (χ3n) is 1.40. The van der Waals surface area contributed by atoms with Gasteiger partial charge in [-0.15, -0.1) is 11.6 Å². The maximum atomic E-state index is 12.3. The predicted octanol–water partition coefficient (Wildman–Crippen LogP) is 3.49. The summed E-state index contributed by atoms with van der Waals surface area (Å²) in [6.07, 6.45) is -3.41. The minimum atomic E-state index is -4.43. The molecule has 1 rings (SSSR count). The second-order valence-electron chi connectivity index (χ2n) is 2.30. The summed E-state index contributed by atoms with van der Waals surface area (Å²) in [7, 11) is 0. The highest BCUT2D eigenvalue weighted by atomic mass is 35.5. The van der Waals surface area contributed by atoms with E-state index in [0.29, 0.717) is 0 Å². The Labute approximate surface area is 82.5 Å². The molecule has 0 saturated carbocycles. The van der Waals surface area contributed by atoms with E-state index in [1.54, 1.807) is 0 Å². The molecule has 0 aliphatic heterocycles. The molecule has 1 aromatic heterocycles. The van der Waals surface area contributed by atoms with Gasteiger partial charge in [0.05, 0.1) is 5.56 Å². The van der Waals surface area contributed by atoms with Crippen molar-refractivity contribution in [1.29, 1.82) is 0 Å². The quantitative estimate of drug-likeness (QED) is 0.531. The summed E-state index contributed by atoms with van der Waals surface area (Å²) in [5.74, 6) is -0.237. The van der Waals surface area contributed by atoms with Gasteiger partial charge >= 0.3 is 6.18 Å². The SMILES string of the molecule is FC(F)(F)c1cc(Cl)ncc1CCl. The summed E-state index contributed by atoms with van der Waals surface area (Å²) >= 11 is 10.6. The van der Waals surface area contributed by atoms with Crippen molar-refractivity contribution in [2.45, 2.75) is 12.1 Å². The second-order valence-corrected chi connectivity index (χ2v) is 2.95.